The predicted molar refractivity (Wildman–Crippen MR) is 82.1 cm³/mol. The fraction of sp³-hybridized carbons (Fsp3) is 0.467. The first kappa shape index (κ1) is 14.5. The minimum atomic E-state index is 0.574. The van der Waals surface area contributed by atoms with Gasteiger partial charge >= 0.3 is 0 Å². The molecule has 1 saturated heterocycles. The average Bonchev–Trinajstić information content (AvgIpc) is 3.10. The van der Waals surface area contributed by atoms with Crippen LogP contribution in [0.3, 0.4) is 0 Å². The van der Waals surface area contributed by atoms with Crippen LogP contribution in [-0.2, 0) is 6.54 Å². The molecule has 2 heterocycles. The molecule has 112 valence electrons. The molecular weight excluding hydrogens is 288 g/mol. The van der Waals surface area contributed by atoms with Gasteiger partial charge in [0.15, 0.2) is 0 Å². The van der Waals surface area contributed by atoms with Gasteiger partial charge in [-0.1, -0.05) is 28.9 Å². The van der Waals surface area contributed by atoms with Crippen molar-refractivity contribution >= 4 is 11.6 Å². The van der Waals surface area contributed by atoms with Gasteiger partial charge in [-0.3, -0.25) is 4.90 Å². The molecule has 1 aliphatic rings. The fourth-order valence-corrected chi connectivity index (χ4v) is 2.84. The van der Waals surface area contributed by atoms with Gasteiger partial charge in [-0.15, -0.1) is 0 Å². The number of aromatic nitrogens is 2. The molecule has 0 aliphatic carbocycles. The summed E-state index contributed by atoms with van der Waals surface area (Å²) in [5, 5.41) is 8.18. The minimum absolute atomic E-state index is 0.574. The Labute approximate surface area is 129 Å². The molecule has 1 aromatic heterocycles. The van der Waals surface area contributed by atoms with Crippen LogP contribution in [-0.4, -0.2) is 41.2 Å². The summed E-state index contributed by atoms with van der Waals surface area (Å²) in [4.78, 5) is 6.64. The van der Waals surface area contributed by atoms with Gasteiger partial charge in [-0.05, 0) is 38.6 Å². The number of rotatable bonds is 5. The highest BCUT2D eigenvalue weighted by atomic mass is 35.5. The number of hydrogen-bond acceptors (Lipinski definition) is 5. The van der Waals surface area contributed by atoms with Crippen molar-refractivity contribution in [3.8, 4) is 11.4 Å². The van der Waals surface area contributed by atoms with Crippen LogP contribution in [0.2, 0.25) is 5.02 Å². The molecule has 0 radical (unpaired) electrons. The fourth-order valence-electron chi connectivity index (χ4n) is 2.65. The Bertz CT molecular complexity index is 595. The molecule has 21 heavy (non-hydrogen) atoms. The first-order valence-corrected chi connectivity index (χ1v) is 7.59. The Balaban J connectivity index is 1.62. The van der Waals surface area contributed by atoms with E-state index in [0.29, 0.717) is 29.3 Å². The van der Waals surface area contributed by atoms with Crippen LogP contribution in [0, 0.1) is 0 Å². The summed E-state index contributed by atoms with van der Waals surface area (Å²) >= 11 is 5.98. The molecule has 0 saturated carbocycles. The van der Waals surface area contributed by atoms with Crippen molar-refractivity contribution in [1.82, 2.24) is 20.4 Å². The molecule has 0 spiro atoms. The van der Waals surface area contributed by atoms with E-state index < -0.39 is 0 Å². The van der Waals surface area contributed by atoms with Gasteiger partial charge in [-0.25, -0.2) is 0 Å². The van der Waals surface area contributed by atoms with E-state index in [4.69, 9.17) is 16.1 Å². The molecule has 5 nitrogen and oxygen atoms in total. The van der Waals surface area contributed by atoms with Gasteiger partial charge in [0.1, 0.15) is 0 Å². The lowest BCUT2D eigenvalue weighted by molar-refractivity contribution is 0.248. The molecule has 1 unspecified atom stereocenters. The highest BCUT2D eigenvalue weighted by molar-refractivity contribution is 6.30. The van der Waals surface area contributed by atoms with Gasteiger partial charge in [0, 0.05) is 23.2 Å². The number of likely N-dealkylation sites (N-methyl/N-ethyl adjacent to an activating group) is 1. The zero-order chi connectivity index (χ0) is 14.7. The maximum absolute atomic E-state index is 5.98. The van der Waals surface area contributed by atoms with E-state index >= 15 is 0 Å². The molecule has 6 heteroatoms. The second-order valence-corrected chi connectivity index (χ2v) is 5.95. The van der Waals surface area contributed by atoms with E-state index in [2.05, 4.69) is 27.4 Å². The lowest BCUT2D eigenvalue weighted by Gasteiger charge is -2.18. The van der Waals surface area contributed by atoms with Crippen LogP contribution in [0.15, 0.2) is 28.8 Å². The van der Waals surface area contributed by atoms with Gasteiger partial charge in [-0.2, -0.15) is 4.98 Å². The molecule has 1 aromatic carbocycles. The lowest BCUT2D eigenvalue weighted by Crippen LogP contribution is -2.35. The van der Waals surface area contributed by atoms with Gasteiger partial charge in [0.05, 0.1) is 6.54 Å². The van der Waals surface area contributed by atoms with E-state index in [1.54, 1.807) is 0 Å². The first-order chi connectivity index (χ1) is 10.2. The average molecular weight is 307 g/mol. The Morgan fingerprint density at radius 1 is 1.48 bits per heavy atom. The van der Waals surface area contributed by atoms with Gasteiger partial charge in [0.2, 0.25) is 11.7 Å². The smallest absolute Gasteiger partial charge is 0.241 e. The molecule has 0 amide bonds. The summed E-state index contributed by atoms with van der Waals surface area (Å²) in [5.74, 6) is 1.21. The van der Waals surface area contributed by atoms with Crippen LogP contribution >= 0.6 is 11.6 Å². The van der Waals surface area contributed by atoms with E-state index in [9.17, 15) is 0 Å². The third kappa shape index (κ3) is 3.81. The summed E-state index contributed by atoms with van der Waals surface area (Å²) in [5.41, 5.74) is 0.873. The molecule has 0 bridgehead atoms. The van der Waals surface area contributed by atoms with Crippen LogP contribution in [0.4, 0.5) is 0 Å². The second-order valence-electron chi connectivity index (χ2n) is 5.51. The quantitative estimate of drug-likeness (QED) is 0.920. The summed E-state index contributed by atoms with van der Waals surface area (Å²) in [6.07, 6.45) is 2.50. The topological polar surface area (TPSA) is 54.2 Å². The van der Waals surface area contributed by atoms with Crippen molar-refractivity contribution in [3.05, 3.63) is 35.2 Å². The van der Waals surface area contributed by atoms with Crippen LogP contribution in [0.5, 0.6) is 0 Å². The maximum atomic E-state index is 5.98. The van der Waals surface area contributed by atoms with E-state index in [0.717, 1.165) is 18.7 Å². The molecule has 1 fully saturated rings. The Hall–Kier alpha value is -1.43. The molecule has 1 atom stereocenters. The van der Waals surface area contributed by atoms with Gasteiger partial charge in [0.25, 0.3) is 0 Å². The minimum Gasteiger partial charge on any atom is -0.338 e. The number of halogens is 1. The highest BCUT2D eigenvalue weighted by Crippen LogP contribution is 2.20. The zero-order valence-corrected chi connectivity index (χ0v) is 12.8. The van der Waals surface area contributed by atoms with Crippen molar-refractivity contribution in [2.75, 3.05) is 20.1 Å². The van der Waals surface area contributed by atoms with Crippen LogP contribution in [0.1, 0.15) is 18.7 Å². The normalized spacial score (nSPS) is 18.5. The van der Waals surface area contributed by atoms with Crippen molar-refractivity contribution in [2.45, 2.75) is 25.4 Å². The molecular formula is C15H19ClN4O. The van der Waals surface area contributed by atoms with E-state index in [1.165, 1.54) is 12.8 Å². The first-order valence-electron chi connectivity index (χ1n) is 7.21. The van der Waals surface area contributed by atoms with Crippen LogP contribution in [0.25, 0.3) is 11.4 Å². The molecule has 2 aromatic rings. The third-order valence-corrected chi connectivity index (χ3v) is 3.89. The predicted octanol–water partition coefficient (Wildman–Crippen LogP) is 2.57. The van der Waals surface area contributed by atoms with Crippen molar-refractivity contribution < 1.29 is 4.52 Å². The number of hydrogen-bond donors (Lipinski definition) is 1. The highest BCUT2D eigenvalue weighted by Gasteiger charge is 2.17. The van der Waals surface area contributed by atoms with Crippen molar-refractivity contribution in [2.24, 2.45) is 0 Å². The van der Waals surface area contributed by atoms with Crippen molar-refractivity contribution in [3.63, 3.8) is 0 Å². The lowest BCUT2D eigenvalue weighted by atomic mass is 10.2. The second kappa shape index (κ2) is 6.56. The zero-order valence-electron chi connectivity index (χ0n) is 12.1. The number of benzene rings is 1. The monoisotopic (exact) mass is 306 g/mol. The standard InChI is InChI=1S/C15H19ClN4O/c1-20(9-13-6-3-7-17-13)10-14-18-15(19-21-14)11-4-2-5-12(16)8-11/h2,4-5,8,13,17H,3,6-7,9-10H2,1H3. The number of nitrogens with one attached hydrogen (secondary N) is 1. The third-order valence-electron chi connectivity index (χ3n) is 3.65. The molecule has 3 rings (SSSR count). The Morgan fingerprint density at radius 2 is 2.38 bits per heavy atom. The summed E-state index contributed by atoms with van der Waals surface area (Å²) in [6, 6.07) is 8.04. The van der Waals surface area contributed by atoms with E-state index in [-0.39, 0.29) is 0 Å². The summed E-state index contributed by atoms with van der Waals surface area (Å²) in [7, 11) is 2.07. The Morgan fingerprint density at radius 3 is 3.14 bits per heavy atom. The van der Waals surface area contributed by atoms with Gasteiger partial charge < -0.3 is 9.84 Å². The molecule has 1 aliphatic heterocycles. The Kier molecular flexibility index (Phi) is 4.53. The van der Waals surface area contributed by atoms with Crippen molar-refractivity contribution in [1.29, 1.82) is 0 Å². The van der Waals surface area contributed by atoms with E-state index in [1.807, 2.05) is 24.3 Å². The van der Waals surface area contributed by atoms with Crippen LogP contribution < -0.4 is 5.32 Å². The SMILES string of the molecule is CN(Cc1nc(-c2cccc(Cl)c2)no1)CC1CCCN1. The summed E-state index contributed by atoms with van der Waals surface area (Å²) < 4.78 is 5.33. The maximum Gasteiger partial charge on any atom is 0.241 e. The molecule has 1 N–H and O–H groups in total. The summed E-state index contributed by atoms with van der Waals surface area (Å²) in [6.45, 7) is 2.78. The number of nitrogens with zero attached hydrogens (tertiary/aromatic N) is 3. The largest absolute Gasteiger partial charge is 0.338 e.